The molecule has 3 aromatic heterocycles. The molecule has 0 saturated carbocycles. The third kappa shape index (κ3) is 2.81. The summed E-state index contributed by atoms with van der Waals surface area (Å²) in [7, 11) is 0. The van der Waals surface area contributed by atoms with Crippen LogP contribution in [0.4, 0.5) is 0 Å². The maximum atomic E-state index is 11.8. The van der Waals surface area contributed by atoms with Crippen molar-refractivity contribution in [2.75, 3.05) is 0 Å². The quantitative estimate of drug-likeness (QED) is 0.680. The lowest BCUT2D eigenvalue weighted by atomic mass is 10.3. The molecule has 1 unspecified atom stereocenters. The topological polar surface area (TPSA) is 91.2 Å². The maximum Gasteiger partial charge on any atom is 0.342 e. The van der Waals surface area contributed by atoms with E-state index < -0.39 is 12.1 Å². The van der Waals surface area contributed by atoms with Gasteiger partial charge in [0.25, 0.3) is 5.89 Å². The number of hydrogen-bond donors (Lipinski definition) is 0. The van der Waals surface area contributed by atoms with Crippen molar-refractivity contribution in [1.82, 2.24) is 15.1 Å². The van der Waals surface area contributed by atoms with Gasteiger partial charge in [0.1, 0.15) is 6.26 Å². The highest BCUT2D eigenvalue weighted by molar-refractivity contribution is 5.88. The molecule has 0 aliphatic heterocycles. The van der Waals surface area contributed by atoms with Crippen molar-refractivity contribution in [2.24, 2.45) is 0 Å². The van der Waals surface area contributed by atoms with Gasteiger partial charge in [-0.05, 0) is 25.1 Å². The van der Waals surface area contributed by atoms with E-state index in [4.69, 9.17) is 13.7 Å². The van der Waals surface area contributed by atoms with E-state index in [1.54, 1.807) is 25.4 Å². The summed E-state index contributed by atoms with van der Waals surface area (Å²) in [6, 6.07) is 5.10. The fourth-order valence-corrected chi connectivity index (χ4v) is 1.67. The SMILES string of the molecule is CC(OC(=O)c1ccoc1)c1nc(-c2cccnc2)no1. The van der Waals surface area contributed by atoms with Crippen LogP contribution in [-0.4, -0.2) is 21.1 Å². The Bertz CT molecular complexity index is 722. The number of ether oxygens (including phenoxy) is 1. The molecule has 0 N–H and O–H groups in total. The van der Waals surface area contributed by atoms with Gasteiger partial charge >= 0.3 is 5.97 Å². The van der Waals surface area contributed by atoms with Gasteiger partial charge in [0.05, 0.1) is 11.8 Å². The van der Waals surface area contributed by atoms with Crippen molar-refractivity contribution in [3.05, 3.63) is 54.6 Å². The van der Waals surface area contributed by atoms with Crippen LogP contribution in [0.1, 0.15) is 29.3 Å². The molecule has 0 bridgehead atoms. The Morgan fingerprint density at radius 2 is 2.29 bits per heavy atom. The maximum absolute atomic E-state index is 11.8. The molecule has 3 heterocycles. The first-order chi connectivity index (χ1) is 10.2. The summed E-state index contributed by atoms with van der Waals surface area (Å²) in [5.74, 6) is 0.0902. The number of pyridine rings is 1. The first-order valence-corrected chi connectivity index (χ1v) is 6.21. The zero-order valence-corrected chi connectivity index (χ0v) is 11.1. The zero-order chi connectivity index (χ0) is 14.7. The van der Waals surface area contributed by atoms with E-state index in [-0.39, 0.29) is 5.89 Å². The van der Waals surface area contributed by atoms with Crippen molar-refractivity contribution in [2.45, 2.75) is 13.0 Å². The summed E-state index contributed by atoms with van der Waals surface area (Å²) >= 11 is 0. The number of rotatable bonds is 4. The second kappa shape index (κ2) is 5.58. The molecule has 7 heteroatoms. The number of nitrogens with zero attached hydrogens (tertiary/aromatic N) is 3. The first-order valence-electron chi connectivity index (χ1n) is 6.21. The van der Waals surface area contributed by atoms with Crippen molar-refractivity contribution < 1.29 is 18.5 Å². The second-order valence-corrected chi connectivity index (χ2v) is 4.26. The van der Waals surface area contributed by atoms with E-state index in [2.05, 4.69) is 15.1 Å². The van der Waals surface area contributed by atoms with Gasteiger partial charge in [-0.1, -0.05) is 5.16 Å². The first kappa shape index (κ1) is 13.0. The van der Waals surface area contributed by atoms with Crippen molar-refractivity contribution >= 4 is 5.97 Å². The summed E-state index contributed by atoms with van der Waals surface area (Å²) in [5.41, 5.74) is 1.05. The second-order valence-electron chi connectivity index (χ2n) is 4.26. The van der Waals surface area contributed by atoms with E-state index in [9.17, 15) is 4.79 Å². The molecular weight excluding hydrogens is 274 g/mol. The highest BCUT2D eigenvalue weighted by Gasteiger charge is 2.20. The molecule has 3 aromatic rings. The van der Waals surface area contributed by atoms with Crippen LogP contribution in [0, 0.1) is 0 Å². The normalized spacial score (nSPS) is 12.0. The average molecular weight is 285 g/mol. The molecule has 0 aromatic carbocycles. The lowest BCUT2D eigenvalue weighted by Gasteiger charge is -2.07. The largest absolute Gasteiger partial charge is 0.472 e. The zero-order valence-electron chi connectivity index (χ0n) is 11.1. The number of carbonyl (C=O) groups excluding carboxylic acids is 1. The number of aromatic nitrogens is 3. The van der Waals surface area contributed by atoms with Gasteiger partial charge in [-0.25, -0.2) is 4.79 Å². The predicted molar refractivity (Wildman–Crippen MR) is 70.1 cm³/mol. The van der Waals surface area contributed by atoms with Crippen LogP contribution < -0.4 is 0 Å². The fraction of sp³-hybridized carbons (Fsp3) is 0.143. The van der Waals surface area contributed by atoms with Gasteiger partial charge in [-0.2, -0.15) is 4.98 Å². The van der Waals surface area contributed by atoms with Gasteiger partial charge in [0, 0.05) is 18.0 Å². The van der Waals surface area contributed by atoms with Gasteiger partial charge < -0.3 is 13.7 Å². The Morgan fingerprint density at radius 1 is 1.38 bits per heavy atom. The van der Waals surface area contributed by atoms with Crippen LogP contribution in [0.3, 0.4) is 0 Å². The summed E-state index contributed by atoms with van der Waals surface area (Å²) in [6.45, 7) is 1.65. The Labute approximate surface area is 119 Å². The van der Waals surface area contributed by atoms with E-state index in [1.807, 2.05) is 6.07 Å². The lowest BCUT2D eigenvalue weighted by molar-refractivity contribution is 0.0264. The van der Waals surface area contributed by atoms with Gasteiger partial charge in [-0.15, -0.1) is 0 Å². The summed E-state index contributed by atoms with van der Waals surface area (Å²) in [4.78, 5) is 20.0. The van der Waals surface area contributed by atoms with E-state index in [1.165, 1.54) is 18.6 Å². The summed E-state index contributed by atoms with van der Waals surface area (Å²) < 4.78 is 15.2. The van der Waals surface area contributed by atoms with E-state index in [0.29, 0.717) is 11.4 Å². The fourth-order valence-electron chi connectivity index (χ4n) is 1.67. The third-order valence-corrected chi connectivity index (χ3v) is 2.75. The third-order valence-electron chi connectivity index (χ3n) is 2.75. The van der Waals surface area contributed by atoms with Crippen molar-refractivity contribution in [3.8, 4) is 11.4 Å². The summed E-state index contributed by atoms with van der Waals surface area (Å²) in [6.07, 6.45) is 5.32. The molecule has 106 valence electrons. The molecule has 21 heavy (non-hydrogen) atoms. The van der Waals surface area contributed by atoms with Crippen LogP contribution in [0.2, 0.25) is 0 Å². The van der Waals surface area contributed by atoms with Crippen molar-refractivity contribution in [3.63, 3.8) is 0 Å². The van der Waals surface area contributed by atoms with Crippen LogP contribution in [0.15, 0.2) is 52.1 Å². The number of furan rings is 1. The highest BCUT2D eigenvalue weighted by Crippen LogP contribution is 2.20. The standard InChI is InChI=1S/C14H11N3O4/c1-9(20-14(18)11-4-6-19-8-11)13-16-12(17-21-13)10-3-2-5-15-7-10/h2-9H,1H3. The molecule has 7 nitrogen and oxygen atoms in total. The van der Waals surface area contributed by atoms with Gasteiger partial charge in [-0.3, -0.25) is 4.98 Å². The lowest BCUT2D eigenvalue weighted by Crippen LogP contribution is -2.08. The van der Waals surface area contributed by atoms with Crippen LogP contribution in [0.5, 0.6) is 0 Å². The Balaban J connectivity index is 1.73. The molecule has 0 aliphatic rings. The van der Waals surface area contributed by atoms with Gasteiger partial charge in [0.15, 0.2) is 6.10 Å². The molecule has 3 rings (SSSR count). The number of esters is 1. The molecule has 0 saturated heterocycles. The van der Waals surface area contributed by atoms with Crippen LogP contribution in [-0.2, 0) is 4.74 Å². The average Bonchev–Trinajstić information content (AvgIpc) is 3.20. The Morgan fingerprint density at radius 3 is 3.00 bits per heavy atom. The van der Waals surface area contributed by atoms with E-state index >= 15 is 0 Å². The summed E-state index contributed by atoms with van der Waals surface area (Å²) in [5, 5.41) is 3.84. The minimum absolute atomic E-state index is 0.214. The molecular formula is C14H11N3O4. The Kier molecular flexibility index (Phi) is 3.46. The van der Waals surface area contributed by atoms with Crippen LogP contribution >= 0.6 is 0 Å². The molecule has 0 radical (unpaired) electrons. The monoisotopic (exact) mass is 285 g/mol. The minimum atomic E-state index is -0.662. The molecule has 0 fully saturated rings. The smallest absolute Gasteiger partial charge is 0.342 e. The molecule has 0 amide bonds. The minimum Gasteiger partial charge on any atom is -0.472 e. The Hall–Kier alpha value is -2.96. The van der Waals surface area contributed by atoms with Gasteiger partial charge in [0.2, 0.25) is 5.82 Å². The van der Waals surface area contributed by atoms with Crippen LogP contribution in [0.25, 0.3) is 11.4 Å². The number of carbonyl (C=O) groups is 1. The number of hydrogen-bond acceptors (Lipinski definition) is 7. The van der Waals surface area contributed by atoms with Crippen molar-refractivity contribution in [1.29, 1.82) is 0 Å². The van der Waals surface area contributed by atoms with E-state index in [0.717, 1.165) is 5.56 Å². The molecule has 0 aliphatic carbocycles. The highest BCUT2D eigenvalue weighted by atomic mass is 16.6. The molecule has 0 spiro atoms. The molecule has 1 atom stereocenters. The predicted octanol–water partition coefficient (Wildman–Crippen LogP) is 2.64.